The van der Waals surface area contributed by atoms with Gasteiger partial charge >= 0.3 is 0 Å². The SMILES string of the molecule is c1cc(-c2nnn[nH]2)ccc1-c1ccc(-c2nnn[nH]2)cc1. The summed E-state index contributed by atoms with van der Waals surface area (Å²) in [6, 6.07) is 16.0. The van der Waals surface area contributed by atoms with Crippen molar-refractivity contribution in [1.82, 2.24) is 41.2 Å². The van der Waals surface area contributed by atoms with E-state index in [1.807, 2.05) is 48.5 Å². The fraction of sp³-hybridized carbons (Fsp3) is 0. The molecule has 8 heteroatoms. The quantitative estimate of drug-likeness (QED) is 0.594. The van der Waals surface area contributed by atoms with Gasteiger partial charge in [-0.25, -0.2) is 10.2 Å². The minimum absolute atomic E-state index is 0.653. The number of nitrogens with zero attached hydrogens (tertiary/aromatic N) is 6. The molecule has 2 aromatic heterocycles. The minimum Gasteiger partial charge on any atom is -0.239 e. The zero-order valence-corrected chi connectivity index (χ0v) is 11.3. The number of hydrogen-bond donors (Lipinski definition) is 2. The van der Waals surface area contributed by atoms with E-state index in [2.05, 4.69) is 41.2 Å². The second kappa shape index (κ2) is 5.17. The average molecular weight is 290 g/mol. The largest absolute Gasteiger partial charge is 0.239 e. The van der Waals surface area contributed by atoms with Gasteiger partial charge in [0.2, 0.25) is 0 Å². The summed E-state index contributed by atoms with van der Waals surface area (Å²) in [5.41, 5.74) is 4.10. The monoisotopic (exact) mass is 290 g/mol. The van der Waals surface area contributed by atoms with Crippen LogP contribution in [0.15, 0.2) is 48.5 Å². The normalized spacial score (nSPS) is 10.7. The van der Waals surface area contributed by atoms with Gasteiger partial charge in [-0.2, -0.15) is 0 Å². The summed E-state index contributed by atoms with van der Waals surface area (Å²) in [6.07, 6.45) is 0. The highest BCUT2D eigenvalue weighted by molar-refractivity contribution is 5.70. The van der Waals surface area contributed by atoms with Gasteiger partial charge in [-0.15, -0.1) is 10.2 Å². The van der Waals surface area contributed by atoms with Crippen LogP contribution in [0.5, 0.6) is 0 Å². The Labute approximate surface area is 124 Å². The van der Waals surface area contributed by atoms with Crippen LogP contribution >= 0.6 is 0 Å². The Morgan fingerprint density at radius 1 is 0.500 bits per heavy atom. The first-order valence-corrected chi connectivity index (χ1v) is 6.59. The van der Waals surface area contributed by atoms with Crippen LogP contribution in [0.1, 0.15) is 0 Å². The first-order chi connectivity index (χ1) is 10.9. The van der Waals surface area contributed by atoms with Crippen molar-refractivity contribution in [1.29, 1.82) is 0 Å². The fourth-order valence-electron chi connectivity index (χ4n) is 2.20. The van der Waals surface area contributed by atoms with Crippen LogP contribution in [0.2, 0.25) is 0 Å². The maximum Gasteiger partial charge on any atom is 0.179 e. The molecule has 0 unspecified atom stereocenters. The third-order valence-corrected chi connectivity index (χ3v) is 3.34. The zero-order valence-electron chi connectivity index (χ0n) is 11.3. The molecule has 0 saturated heterocycles. The number of rotatable bonds is 3. The predicted molar refractivity (Wildman–Crippen MR) is 78.2 cm³/mol. The van der Waals surface area contributed by atoms with E-state index < -0.39 is 0 Å². The Kier molecular flexibility index (Phi) is 2.90. The first kappa shape index (κ1) is 12.3. The lowest BCUT2D eigenvalue weighted by atomic mass is 10.0. The van der Waals surface area contributed by atoms with Gasteiger partial charge in [-0.05, 0) is 32.0 Å². The highest BCUT2D eigenvalue weighted by Crippen LogP contribution is 2.24. The van der Waals surface area contributed by atoms with Crippen LogP contribution < -0.4 is 0 Å². The Balaban J connectivity index is 1.62. The molecule has 106 valence electrons. The Morgan fingerprint density at radius 2 is 0.864 bits per heavy atom. The van der Waals surface area contributed by atoms with E-state index in [0.717, 1.165) is 22.3 Å². The lowest BCUT2D eigenvalue weighted by Gasteiger charge is -2.04. The van der Waals surface area contributed by atoms with Gasteiger partial charge in [-0.3, -0.25) is 0 Å². The molecular weight excluding hydrogens is 280 g/mol. The molecule has 0 fully saturated rings. The lowest BCUT2D eigenvalue weighted by Crippen LogP contribution is -1.84. The average Bonchev–Trinajstić information content (AvgIpc) is 3.29. The molecule has 0 atom stereocenters. The van der Waals surface area contributed by atoms with Crippen molar-refractivity contribution >= 4 is 0 Å². The summed E-state index contributed by atoms with van der Waals surface area (Å²) in [5.74, 6) is 1.31. The van der Waals surface area contributed by atoms with Crippen LogP contribution in [0.4, 0.5) is 0 Å². The predicted octanol–water partition coefficient (Wildman–Crippen LogP) is 1.71. The van der Waals surface area contributed by atoms with Crippen LogP contribution in [-0.2, 0) is 0 Å². The van der Waals surface area contributed by atoms with E-state index in [4.69, 9.17) is 0 Å². The lowest BCUT2D eigenvalue weighted by molar-refractivity contribution is 0.881. The topological polar surface area (TPSA) is 109 Å². The number of nitrogens with one attached hydrogen (secondary N) is 2. The Hall–Kier alpha value is -3.42. The first-order valence-electron chi connectivity index (χ1n) is 6.59. The van der Waals surface area contributed by atoms with Gasteiger partial charge in [0.05, 0.1) is 0 Å². The third-order valence-electron chi connectivity index (χ3n) is 3.34. The van der Waals surface area contributed by atoms with Crippen molar-refractivity contribution in [3.05, 3.63) is 48.5 Å². The van der Waals surface area contributed by atoms with Gasteiger partial charge in [0.25, 0.3) is 0 Å². The number of benzene rings is 2. The maximum atomic E-state index is 3.89. The smallest absolute Gasteiger partial charge is 0.179 e. The molecule has 0 radical (unpaired) electrons. The van der Waals surface area contributed by atoms with Crippen molar-refractivity contribution in [3.8, 4) is 33.9 Å². The van der Waals surface area contributed by atoms with E-state index in [1.54, 1.807) is 0 Å². The van der Waals surface area contributed by atoms with Crippen molar-refractivity contribution in [2.24, 2.45) is 0 Å². The van der Waals surface area contributed by atoms with E-state index in [9.17, 15) is 0 Å². The molecule has 2 N–H and O–H groups in total. The van der Waals surface area contributed by atoms with E-state index in [1.165, 1.54) is 0 Å². The van der Waals surface area contributed by atoms with Crippen LogP contribution in [0.3, 0.4) is 0 Å². The van der Waals surface area contributed by atoms with Crippen molar-refractivity contribution in [2.75, 3.05) is 0 Å². The number of tetrazole rings is 2. The van der Waals surface area contributed by atoms with Crippen LogP contribution in [0, 0.1) is 0 Å². The Bertz CT molecular complexity index is 773. The summed E-state index contributed by atoms with van der Waals surface area (Å²) in [7, 11) is 0. The van der Waals surface area contributed by atoms with Gasteiger partial charge in [0.1, 0.15) is 0 Å². The van der Waals surface area contributed by atoms with Crippen molar-refractivity contribution in [2.45, 2.75) is 0 Å². The molecule has 0 amide bonds. The van der Waals surface area contributed by atoms with Gasteiger partial charge in [0, 0.05) is 11.1 Å². The number of aromatic nitrogens is 8. The number of H-pyrrole nitrogens is 2. The van der Waals surface area contributed by atoms with E-state index in [0.29, 0.717) is 11.6 Å². The second-order valence-electron chi connectivity index (χ2n) is 4.65. The third kappa shape index (κ3) is 2.22. The number of aromatic amines is 2. The minimum atomic E-state index is 0.653. The molecule has 0 aliphatic heterocycles. The molecule has 0 aliphatic rings. The van der Waals surface area contributed by atoms with Gasteiger partial charge in [0.15, 0.2) is 11.6 Å². The second-order valence-corrected chi connectivity index (χ2v) is 4.65. The molecule has 2 heterocycles. The van der Waals surface area contributed by atoms with E-state index in [-0.39, 0.29) is 0 Å². The zero-order chi connectivity index (χ0) is 14.8. The highest BCUT2D eigenvalue weighted by atomic mass is 15.5. The maximum absolute atomic E-state index is 3.89. The molecule has 8 nitrogen and oxygen atoms in total. The Morgan fingerprint density at radius 3 is 1.18 bits per heavy atom. The van der Waals surface area contributed by atoms with Crippen LogP contribution in [0.25, 0.3) is 33.9 Å². The molecule has 0 bridgehead atoms. The highest BCUT2D eigenvalue weighted by Gasteiger charge is 2.05. The summed E-state index contributed by atoms with van der Waals surface area (Å²) in [5, 5.41) is 27.6. The molecule has 4 rings (SSSR count). The summed E-state index contributed by atoms with van der Waals surface area (Å²) in [4.78, 5) is 0. The summed E-state index contributed by atoms with van der Waals surface area (Å²) in [6.45, 7) is 0. The molecule has 4 aromatic rings. The molecule has 0 aliphatic carbocycles. The van der Waals surface area contributed by atoms with Gasteiger partial charge < -0.3 is 0 Å². The molecule has 22 heavy (non-hydrogen) atoms. The molecule has 2 aromatic carbocycles. The number of hydrogen-bond acceptors (Lipinski definition) is 6. The van der Waals surface area contributed by atoms with Gasteiger partial charge in [-0.1, -0.05) is 48.5 Å². The molecule has 0 spiro atoms. The standard InChI is InChI=1S/C14H10N8/c1-5-11(13-15-19-20-16-13)6-2-9(1)10-3-7-12(8-4-10)14-17-21-22-18-14/h1-8H,(H,15,16,19,20)(H,17,18,21,22). The van der Waals surface area contributed by atoms with Crippen molar-refractivity contribution in [3.63, 3.8) is 0 Å². The van der Waals surface area contributed by atoms with Crippen molar-refractivity contribution < 1.29 is 0 Å². The van der Waals surface area contributed by atoms with E-state index >= 15 is 0 Å². The summed E-state index contributed by atoms with van der Waals surface area (Å²) >= 11 is 0. The molecule has 0 saturated carbocycles. The summed E-state index contributed by atoms with van der Waals surface area (Å²) < 4.78 is 0. The molecular formula is C14H10N8. The van der Waals surface area contributed by atoms with Crippen LogP contribution in [-0.4, -0.2) is 41.2 Å². The fourth-order valence-corrected chi connectivity index (χ4v) is 2.20.